The van der Waals surface area contributed by atoms with Crippen LogP contribution in [0.25, 0.3) is 11.2 Å². The Balaban J connectivity index is 1.57. The predicted octanol–water partition coefficient (Wildman–Crippen LogP) is 2.79. The molecular formula is C23H37N6O7P. The van der Waals surface area contributed by atoms with Crippen molar-refractivity contribution in [1.29, 1.82) is 0 Å². The quantitative estimate of drug-likeness (QED) is 0.193. The molecule has 0 aromatic carbocycles. The van der Waals surface area contributed by atoms with Gasteiger partial charge in [0.15, 0.2) is 11.5 Å². The van der Waals surface area contributed by atoms with Gasteiger partial charge in [-0.1, -0.05) is 39.5 Å². The Kier molecular flexibility index (Phi) is 11.2. The number of unbranched alkanes of at least 4 members (excludes halogenated alkanes) is 4. The maximum atomic E-state index is 13.3. The summed E-state index contributed by atoms with van der Waals surface area (Å²) >= 11 is 0. The van der Waals surface area contributed by atoms with E-state index < -0.39 is 31.6 Å². The summed E-state index contributed by atoms with van der Waals surface area (Å²) in [5, 5.41) is 2.70. The van der Waals surface area contributed by atoms with Gasteiger partial charge in [0.2, 0.25) is 0 Å². The molecule has 1 aliphatic rings. The van der Waals surface area contributed by atoms with Crippen molar-refractivity contribution in [2.45, 2.75) is 77.5 Å². The zero-order valence-corrected chi connectivity index (χ0v) is 22.4. The summed E-state index contributed by atoms with van der Waals surface area (Å²) in [6, 6.07) is -1.18. The third-order valence-corrected chi connectivity index (χ3v) is 7.55. The van der Waals surface area contributed by atoms with Gasteiger partial charge in [0.05, 0.1) is 39.1 Å². The first kappa shape index (κ1) is 29.0. The van der Waals surface area contributed by atoms with Crippen molar-refractivity contribution in [3.63, 3.8) is 0 Å². The molecule has 0 bridgehead atoms. The molecule has 1 saturated heterocycles. The van der Waals surface area contributed by atoms with Crippen LogP contribution in [0.15, 0.2) is 12.7 Å². The Morgan fingerprint density at radius 2 is 1.89 bits per heavy atom. The average molecular weight is 541 g/mol. The number of aromatic nitrogens is 4. The molecule has 1 fully saturated rings. The third kappa shape index (κ3) is 8.74. The van der Waals surface area contributed by atoms with Crippen LogP contribution in [0.1, 0.15) is 58.8 Å². The van der Waals surface area contributed by atoms with Gasteiger partial charge in [-0.25, -0.2) is 20.0 Å². The van der Waals surface area contributed by atoms with Crippen molar-refractivity contribution < 1.29 is 32.9 Å². The topological polar surface area (TPSA) is 170 Å². The fourth-order valence-corrected chi connectivity index (χ4v) is 5.44. The number of nitrogens with one attached hydrogen (secondary N) is 1. The average Bonchev–Trinajstić information content (AvgIpc) is 3.29. The van der Waals surface area contributed by atoms with E-state index in [0.717, 1.165) is 32.1 Å². The number of hydrogen-bond donors (Lipinski definition) is 2. The van der Waals surface area contributed by atoms with E-state index in [1.165, 1.54) is 6.33 Å². The number of nitrogens with zero attached hydrogens (tertiary/aromatic N) is 4. The molecule has 0 amide bonds. The Labute approximate surface area is 216 Å². The zero-order chi connectivity index (χ0) is 26.7. The molecular weight excluding hydrogens is 503 g/mol. The number of rotatable bonds is 15. The maximum Gasteiger partial charge on any atom is 0.324 e. The van der Waals surface area contributed by atoms with E-state index in [1.807, 2.05) is 13.8 Å². The van der Waals surface area contributed by atoms with Gasteiger partial charge in [0.1, 0.15) is 30.3 Å². The van der Waals surface area contributed by atoms with E-state index in [2.05, 4.69) is 20.0 Å². The molecule has 37 heavy (non-hydrogen) atoms. The fraction of sp³-hybridized carbons (Fsp3) is 0.696. The van der Waals surface area contributed by atoms with Crippen LogP contribution in [0.3, 0.4) is 0 Å². The fourth-order valence-electron chi connectivity index (χ4n) is 3.73. The highest BCUT2D eigenvalue weighted by molar-refractivity contribution is 7.56. The van der Waals surface area contributed by atoms with Crippen LogP contribution in [0, 0.1) is 0 Å². The number of anilines is 1. The molecule has 3 atom stereocenters. The van der Waals surface area contributed by atoms with Gasteiger partial charge in [0, 0.05) is 0 Å². The lowest BCUT2D eigenvalue weighted by molar-refractivity contribution is -0.152. The first-order chi connectivity index (χ1) is 17.8. The highest BCUT2D eigenvalue weighted by Crippen LogP contribution is 2.46. The van der Waals surface area contributed by atoms with Gasteiger partial charge in [0.25, 0.3) is 7.52 Å². The molecule has 0 aliphatic carbocycles. The van der Waals surface area contributed by atoms with Crippen molar-refractivity contribution in [1.82, 2.24) is 24.6 Å². The molecule has 14 heteroatoms. The minimum Gasteiger partial charge on any atom is -0.466 e. The van der Waals surface area contributed by atoms with E-state index in [-0.39, 0.29) is 38.4 Å². The summed E-state index contributed by atoms with van der Waals surface area (Å²) in [6.45, 7) is 4.89. The smallest absolute Gasteiger partial charge is 0.324 e. The predicted molar refractivity (Wildman–Crippen MR) is 136 cm³/mol. The molecule has 0 radical (unpaired) electrons. The van der Waals surface area contributed by atoms with Crippen molar-refractivity contribution in [3.8, 4) is 0 Å². The van der Waals surface area contributed by atoms with E-state index in [1.54, 1.807) is 10.9 Å². The summed E-state index contributed by atoms with van der Waals surface area (Å²) in [5.41, 5.74) is 6.86. The van der Waals surface area contributed by atoms with Crippen LogP contribution in [-0.2, 0) is 39.4 Å². The first-order valence-electron chi connectivity index (χ1n) is 12.7. The van der Waals surface area contributed by atoms with E-state index in [4.69, 9.17) is 24.5 Å². The zero-order valence-electron chi connectivity index (χ0n) is 21.5. The summed E-state index contributed by atoms with van der Waals surface area (Å²) in [5.74, 6) is -0.978. The molecule has 1 unspecified atom stereocenters. The third-order valence-electron chi connectivity index (χ3n) is 5.79. The Morgan fingerprint density at radius 1 is 1.16 bits per heavy atom. The largest absolute Gasteiger partial charge is 0.466 e. The van der Waals surface area contributed by atoms with Crippen molar-refractivity contribution >= 4 is 36.4 Å². The van der Waals surface area contributed by atoms with Crippen molar-refractivity contribution in [2.75, 3.05) is 31.9 Å². The second-order valence-corrected chi connectivity index (χ2v) is 11.0. The lowest BCUT2D eigenvalue weighted by atomic mass is 10.2. The number of hydrogen-bond acceptors (Lipinski definition) is 11. The van der Waals surface area contributed by atoms with Gasteiger partial charge >= 0.3 is 11.9 Å². The first-order valence-corrected chi connectivity index (χ1v) is 14.5. The summed E-state index contributed by atoms with van der Waals surface area (Å²) < 4.78 is 37.1. The Morgan fingerprint density at radius 3 is 2.57 bits per heavy atom. The number of nitrogens with two attached hydrogens (primary N) is 1. The number of esters is 2. The molecule has 3 rings (SSSR count). The number of carbonyl (C=O) groups excluding carboxylic acids is 2. The van der Waals surface area contributed by atoms with Crippen LogP contribution in [0.2, 0.25) is 0 Å². The SMILES string of the molecule is CCCCCOC(=O)C[C@H](NP1(=O)CO[C@H](Cn2cnc3c(N)ncnc32)CO1)C(=O)OCCCCC. The second-order valence-electron chi connectivity index (χ2n) is 8.90. The van der Waals surface area contributed by atoms with E-state index in [0.29, 0.717) is 24.1 Å². The van der Waals surface area contributed by atoms with Gasteiger partial charge in [-0.05, 0) is 12.8 Å². The summed E-state index contributed by atoms with van der Waals surface area (Å²) in [4.78, 5) is 37.4. The molecule has 3 N–H and O–H groups in total. The standard InChI is InChI=1S/C23H37N6O7P/c1-3-5-7-9-33-19(30)11-18(23(31)34-10-8-6-4-2)28-37(32)16-35-17(13-36-37)12-29-15-27-20-21(24)25-14-26-22(20)29/h14-15,17-18H,3-13,16H2,1-2H3,(H,28,32)(H2,24,25,26)/t17-,18+,37?/m1/s1. The lowest BCUT2D eigenvalue weighted by Crippen LogP contribution is -2.42. The number of carbonyl (C=O) groups is 2. The molecule has 1 aliphatic heterocycles. The van der Waals surface area contributed by atoms with Crippen LogP contribution in [-0.4, -0.2) is 69.8 Å². The number of fused-ring (bicyclic) bond motifs is 1. The monoisotopic (exact) mass is 540 g/mol. The van der Waals surface area contributed by atoms with Crippen LogP contribution >= 0.6 is 7.52 Å². The Bertz CT molecular complexity index is 1070. The molecule has 2 aromatic heterocycles. The van der Waals surface area contributed by atoms with Gasteiger partial charge in [-0.3, -0.25) is 14.2 Å². The highest BCUT2D eigenvalue weighted by Gasteiger charge is 2.38. The number of ether oxygens (including phenoxy) is 3. The van der Waals surface area contributed by atoms with Gasteiger partial charge < -0.3 is 29.0 Å². The normalized spacial score (nSPS) is 20.5. The molecule has 0 saturated carbocycles. The van der Waals surface area contributed by atoms with E-state index >= 15 is 0 Å². The number of nitrogen functional groups attached to an aromatic ring is 1. The lowest BCUT2D eigenvalue weighted by Gasteiger charge is -2.31. The number of imidazole rings is 1. The second kappa shape index (κ2) is 14.4. The van der Waals surface area contributed by atoms with Gasteiger partial charge in [-0.2, -0.15) is 0 Å². The molecule has 2 aromatic rings. The highest BCUT2D eigenvalue weighted by atomic mass is 31.2. The van der Waals surface area contributed by atoms with Crippen LogP contribution < -0.4 is 10.8 Å². The molecule has 13 nitrogen and oxygen atoms in total. The molecule has 206 valence electrons. The molecule has 0 spiro atoms. The minimum atomic E-state index is -3.60. The van der Waals surface area contributed by atoms with E-state index in [9.17, 15) is 14.2 Å². The van der Waals surface area contributed by atoms with Crippen molar-refractivity contribution in [2.24, 2.45) is 0 Å². The maximum absolute atomic E-state index is 13.3. The Hall–Kier alpha value is -2.60. The summed E-state index contributed by atoms with van der Waals surface area (Å²) in [6.07, 6.45) is 7.12. The van der Waals surface area contributed by atoms with Crippen LogP contribution in [0.5, 0.6) is 0 Å². The van der Waals surface area contributed by atoms with Crippen LogP contribution in [0.4, 0.5) is 5.82 Å². The summed E-state index contributed by atoms with van der Waals surface area (Å²) in [7, 11) is -3.60. The molecule has 3 heterocycles. The van der Waals surface area contributed by atoms with Gasteiger partial charge in [-0.15, -0.1) is 0 Å². The van der Waals surface area contributed by atoms with Crippen molar-refractivity contribution in [3.05, 3.63) is 12.7 Å². The minimum absolute atomic E-state index is 0.00967.